The van der Waals surface area contributed by atoms with Crippen molar-refractivity contribution < 1.29 is 9.53 Å². The molecule has 102 valence electrons. The van der Waals surface area contributed by atoms with Gasteiger partial charge in [-0.1, -0.05) is 24.3 Å². The first kappa shape index (κ1) is 13.6. The zero-order valence-corrected chi connectivity index (χ0v) is 11.1. The molecule has 0 saturated carbocycles. The summed E-state index contributed by atoms with van der Waals surface area (Å²) in [5.74, 6) is 0.834. The van der Waals surface area contributed by atoms with Crippen molar-refractivity contribution in [1.29, 1.82) is 0 Å². The molecule has 1 aromatic rings. The van der Waals surface area contributed by atoms with Crippen LogP contribution < -0.4 is 15.8 Å². The van der Waals surface area contributed by atoms with Gasteiger partial charge in [0.1, 0.15) is 5.75 Å². The van der Waals surface area contributed by atoms with E-state index in [2.05, 4.69) is 5.32 Å². The van der Waals surface area contributed by atoms with E-state index in [0.29, 0.717) is 13.0 Å². The average molecular weight is 260 g/mol. The first-order valence-electron chi connectivity index (χ1n) is 6.53. The molecule has 0 fully saturated rings. The molecule has 0 aromatic heterocycles. The molecule has 1 amide bonds. The number of nitrogens with two attached hydrogens (primary N) is 1. The van der Waals surface area contributed by atoms with Crippen LogP contribution >= 0.6 is 0 Å². The maximum absolute atomic E-state index is 11.9. The van der Waals surface area contributed by atoms with Gasteiger partial charge in [0.15, 0.2) is 0 Å². The first-order valence-corrected chi connectivity index (χ1v) is 6.53. The summed E-state index contributed by atoms with van der Waals surface area (Å²) in [4.78, 5) is 11.9. The average Bonchev–Trinajstić information content (AvgIpc) is 2.86. The van der Waals surface area contributed by atoms with E-state index in [1.807, 2.05) is 36.4 Å². The number of amides is 1. The Labute approximate surface area is 113 Å². The number of methoxy groups -OCH3 is 1. The van der Waals surface area contributed by atoms with Crippen LogP contribution in [0.3, 0.4) is 0 Å². The standard InChI is InChI=1S/C15H20N2O2/c1-19-14-4-2-3-11(9-14)7-8-17-15(18)12-5-6-13(16)10-12/h2-6,9,12-13H,7-8,10,16H2,1H3,(H,17,18). The van der Waals surface area contributed by atoms with E-state index in [-0.39, 0.29) is 17.9 Å². The predicted molar refractivity (Wildman–Crippen MR) is 74.9 cm³/mol. The molecular formula is C15H20N2O2. The second-order valence-electron chi connectivity index (χ2n) is 4.78. The van der Waals surface area contributed by atoms with E-state index in [0.717, 1.165) is 17.7 Å². The molecule has 4 nitrogen and oxygen atoms in total. The van der Waals surface area contributed by atoms with Gasteiger partial charge in [0.05, 0.1) is 13.0 Å². The molecule has 0 saturated heterocycles. The number of ether oxygens (including phenoxy) is 1. The largest absolute Gasteiger partial charge is 0.497 e. The molecule has 1 aliphatic rings. The van der Waals surface area contributed by atoms with Gasteiger partial charge in [-0.15, -0.1) is 0 Å². The van der Waals surface area contributed by atoms with Crippen LogP contribution in [-0.2, 0) is 11.2 Å². The zero-order valence-electron chi connectivity index (χ0n) is 11.1. The van der Waals surface area contributed by atoms with Crippen molar-refractivity contribution in [1.82, 2.24) is 5.32 Å². The van der Waals surface area contributed by atoms with Crippen molar-refractivity contribution >= 4 is 5.91 Å². The Morgan fingerprint density at radius 3 is 3.00 bits per heavy atom. The number of carbonyl (C=O) groups excluding carboxylic acids is 1. The molecule has 3 N–H and O–H groups in total. The first-order chi connectivity index (χ1) is 9.19. The van der Waals surface area contributed by atoms with Gasteiger partial charge < -0.3 is 15.8 Å². The molecule has 2 unspecified atom stereocenters. The Hall–Kier alpha value is -1.81. The Kier molecular flexibility index (Phi) is 4.58. The van der Waals surface area contributed by atoms with Crippen LogP contribution in [0.15, 0.2) is 36.4 Å². The lowest BCUT2D eigenvalue weighted by molar-refractivity contribution is -0.123. The molecule has 0 radical (unpaired) electrons. The van der Waals surface area contributed by atoms with Gasteiger partial charge in [-0.3, -0.25) is 4.79 Å². The van der Waals surface area contributed by atoms with Gasteiger partial charge in [0.2, 0.25) is 5.91 Å². The van der Waals surface area contributed by atoms with Gasteiger partial charge in [-0.05, 0) is 30.5 Å². The van der Waals surface area contributed by atoms with Gasteiger partial charge >= 0.3 is 0 Å². The fourth-order valence-corrected chi connectivity index (χ4v) is 2.21. The third kappa shape index (κ3) is 3.83. The zero-order chi connectivity index (χ0) is 13.7. The molecule has 0 bridgehead atoms. The van der Waals surface area contributed by atoms with Crippen LogP contribution in [0.2, 0.25) is 0 Å². The summed E-state index contributed by atoms with van der Waals surface area (Å²) >= 11 is 0. The Morgan fingerprint density at radius 1 is 1.47 bits per heavy atom. The highest BCUT2D eigenvalue weighted by Crippen LogP contribution is 2.16. The number of benzene rings is 1. The Balaban J connectivity index is 1.77. The summed E-state index contributed by atoms with van der Waals surface area (Å²) < 4.78 is 5.16. The van der Waals surface area contributed by atoms with Crippen LogP contribution in [0, 0.1) is 5.92 Å². The van der Waals surface area contributed by atoms with E-state index in [4.69, 9.17) is 10.5 Å². The van der Waals surface area contributed by atoms with Gasteiger partial charge in [-0.2, -0.15) is 0 Å². The van der Waals surface area contributed by atoms with Crippen molar-refractivity contribution in [3.8, 4) is 5.75 Å². The number of rotatable bonds is 5. The summed E-state index contributed by atoms with van der Waals surface area (Å²) in [6.07, 6.45) is 5.30. The maximum Gasteiger partial charge on any atom is 0.227 e. The van der Waals surface area contributed by atoms with E-state index in [1.54, 1.807) is 7.11 Å². The Morgan fingerprint density at radius 2 is 2.32 bits per heavy atom. The molecule has 2 atom stereocenters. The minimum atomic E-state index is -0.0692. The van der Waals surface area contributed by atoms with E-state index < -0.39 is 0 Å². The molecule has 0 spiro atoms. The number of carbonyl (C=O) groups is 1. The van der Waals surface area contributed by atoms with Crippen LogP contribution in [0.4, 0.5) is 0 Å². The van der Waals surface area contributed by atoms with Crippen LogP contribution in [-0.4, -0.2) is 25.6 Å². The smallest absolute Gasteiger partial charge is 0.227 e. The van der Waals surface area contributed by atoms with E-state index >= 15 is 0 Å². The minimum absolute atomic E-state index is 0.0223. The van der Waals surface area contributed by atoms with Crippen molar-refractivity contribution in [3.63, 3.8) is 0 Å². The normalized spacial score (nSPS) is 21.4. The summed E-state index contributed by atoms with van der Waals surface area (Å²) in [6.45, 7) is 0.631. The molecule has 0 heterocycles. The highest BCUT2D eigenvalue weighted by Gasteiger charge is 2.21. The van der Waals surface area contributed by atoms with Gasteiger partial charge in [-0.25, -0.2) is 0 Å². The monoisotopic (exact) mass is 260 g/mol. The summed E-state index contributed by atoms with van der Waals surface area (Å²) in [6, 6.07) is 7.90. The van der Waals surface area contributed by atoms with Crippen LogP contribution in [0.25, 0.3) is 0 Å². The molecule has 1 aromatic carbocycles. The van der Waals surface area contributed by atoms with E-state index in [9.17, 15) is 4.79 Å². The van der Waals surface area contributed by atoms with Gasteiger partial charge in [0.25, 0.3) is 0 Å². The summed E-state index contributed by atoms with van der Waals surface area (Å²) in [5.41, 5.74) is 6.89. The molecule has 19 heavy (non-hydrogen) atoms. The highest BCUT2D eigenvalue weighted by molar-refractivity contribution is 5.81. The summed E-state index contributed by atoms with van der Waals surface area (Å²) in [7, 11) is 1.65. The second kappa shape index (κ2) is 6.38. The van der Waals surface area contributed by atoms with Crippen molar-refractivity contribution in [2.24, 2.45) is 11.7 Å². The maximum atomic E-state index is 11.9. The minimum Gasteiger partial charge on any atom is -0.497 e. The summed E-state index contributed by atoms with van der Waals surface area (Å²) in [5, 5.41) is 2.94. The fraction of sp³-hybridized carbons (Fsp3) is 0.400. The predicted octanol–water partition coefficient (Wildman–Crippen LogP) is 1.26. The number of hydrogen-bond donors (Lipinski definition) is 2. The van der Waals surface area contributed by atoms with Crippen molar-refractivity contribution in [3.05, 3.63) is 42.0 Å². The lowest BCUT2D eigenvalue weighted by atomic mass is 10.1. The Bertz CT molecular complexity index is 471. The van der Waals surface area contributed by atoms with Crippen LogP contribution in [0.5, 0.6) is 5.75 Å². The third-order valence-corrected chi connectivity index (χ3v) is 3.30. The molecule has 4 heteroatoms. The topological polar surface area (TPSA) is 64.3 Å². The second-order valence-corrected chi connectivity index (χ2v) is 4.78. The lowest BCUT2D eigenvalue weighted by Gasteiger charge is -2.10. The van der Waals surface area contributed by atoms with Crippen molar-refractivity contribution in [2.75, 3.05) is 13.7 Å². The fourth-order valence-electron chi connectivity index (χ4n) is 2.21. The SMILES string of the molecule is COc1cccc(CCNC(=O)C2C=CC(N)C2)c1. The molecule has 2 rings (SSSR count). The quantitative estimate of drug-likeness (QED) is 0.783. The van der Waals surface area contributed by atoms with Gasteiger partial charge in [0, 0.05) is 12.6 Å². The molecular weight excluding hydrogens is 240 g/mol. The van der Waals surface area contributed by atoms with E-state index in [1.165, 1.54) is 0 Å². The lowest BCUT2D eigenvalue weighted by Crippen LogP contribution is -2.32. The molecule has 0 aliphatic heterocycles. The highest BCUT2D eigenvalue weighted by atomic mass is 16.5. The van der Waals surface area contributed by atoms with Crippen molar-refractivity contribution in [2.45, 2.75) is 18.9 Å². The molecule has 1 aliphatic carbocycles. The third-order valence-electron chi connectivity index (χ3n) is 3.30. The number of hydrogen-bond acceptors (Lipinski definition) is 3. The van der Waals surface area contributed by atoms with Crippen LogP contribution in [0.1, 0.15) is 12.0 Å². The number of nitrogens with one attached hydrogen (secondary N) is 1.